The number of aryl methyl sites for hydroxylation is 3. The van der Waals surface area contributed by atoms with Crippen molar-refractivity contribution in [1.82, 2.24) is 20.0 Å². The Morgan fingerprint density at radius 3 is 2.65 bits per heavy atom. The zero-order valence-electron chi connectivity index (χ0n) is 20.3. The van der Waals surface area contributed by atoms with E-state index < -0.39 is 5.41 Å². The topological polar surface area (TPSA) is 72.7 Å². The van der Waals surface area contributed by atoms with Crippen LogP contribution in [-0.2, 0) is 17.2 Å². The third-order valence-corrected chi connectivity index (χ3v) is 6.96. The summed E-state index contributed by atoms with van der Waals surface area (Å²) in [7, 11) is 0. The molecule has 176 valence electrons. The van der Waals surface area contributed by atoms with Gasteiger partial charge in [0.05, 0.1) is 22.8 Å². The number of nitrogens with zero attached hydrogens (tertiary/aromatic N) is 4. The summed E-state index contributed by atoms with van der Waals surface area (Å²) in [5.74, 6) is 0.0930. The van der Waals surface area contributed by atoms with E-state index in [1.54, 1.807) is 12.4 Å². The Morgan fingerprint density at radius 2 is 1.97 bits per heavy atom. The molecule has 0 aliphatic rings. The minimum Gasteiger partial charge on any atom is -0.324 e. The number of aromatic nitrogens is 4. The molecule has 0 aliphatic carbocycles. The van der Waals surface area contributed by atoms with Gasteiger partial charge in [0.15, 0.2) is 0 Å². The van der Waals surface area contributed by atoms with Crippen LogP contribution in [0.15, 0.2) is 54.9 Å². The first-order valence-corrected chi connectivity index (χ1v) is 12.0. The fourth-order valence-electron chi connectivity index (χ4n) is 4.59. The highest BCUT2D eigenvalue weighted by atomic mass is 35.5. The highest BCUT2D eigenvalue weighted by Crippen LogP contribution is 2.44. The first-order valence-electron chi connectivity index (χ1n) is 11.5. The van der Waals surface area contributed by atoms with Crippen molar-refractivity contribution in [3.05, 3.63) is 82.7 Å². The molecule has 1 amide bonds. The van der Waals surface area contributed by atoms with Crippen LogP contribution < -0.4 is 5.32 Å². The van der Waals surface area contributed by atoms with Crippen molar-refractivity contribution in [3.8, 4) is 0 Å². The maximum Gasteiger partial charge on any atom is 0.231 e. The molecule has 1 atom stereocenters. The van der Waals surface area contributed by atoms with Gasteiger partial charge in [0, 0.05) is 24.5 Å². The minimum absolute atomic E-state index is 0.0878. The summed E-state index contributed by atoms with van der Waals surface area (Å²) in [4.78, 5) is 17.8. The number of nitrogens with one attached hydrogen (secondary N) is 1. The number of anilines is 1. The molecule has 0 aliphatic heterocycles. The average Bonchev–Trinajstić information content (AvgIpc) is 3.26. The number of carbonyl (C=O) groups is 1. The first kappa shape index (κ1) is 23.9. The van der Waals surface area contributed by atoms with E-state index in [0.29, 0.717) is 11.6 Å². The highest BCUT2D eigenvalue weighted by molar-refractivity contribution is 6.17. The smallest absolute Gasteiger partial charge is 0.231 e. The lowest BCUT2D eigenvalue weighted by atomic mass is 9.69. The predicted octanol–water partition coefficient (Wildman–Crippen LogP) is 6.00. The number of pyridine rings is 1. The lowest BCUT2D eigenvalue weighted by Crippen LogP contribution is -2.37. The predicted molar refractivity (Wildman–Crippen MR) is 137 cm³/mol. The van der Waals surface area contributed by atoms with Crippen LogP contribution >= 0.6 is 11.6 Å². The van der Waals surface area contributed by atoms with Crippen molar-refractivity contribution in [2.75, 3.05) is 5.32 Å². The number of hydrogen-bond acceptors (Lipinski definition) is 4. The number of alkyl halides is 1. The number of benzene rings is 2. The van der Waals surface area contributed by atoms with Crippen LogP contribution in [0.2, 0.25) is 0 Å². The van der Waals surface area contributed by atoms with E-state index in [-0.39, 0.29) is 11.8 Å². The fraction of sp³-hybridized carbons (Fsp3) is 0.333. The quantitative estimate of drug-likeness (QED) is 0.333. The van der Waals surface area contributed by atoms with Crippen molar-refractivity contribution >= 4 is 34.2 Å². The molecule has 0 saturated heterocycles. The zero-order valence-corrected chi connectivity index (χ0v) is 21.0. The fourth-order valence-corrected chi connectivity index (χ4v) is 4.88. The molecule has 1 N–H and O–H groups in total. The summed E-state index contributed by atoms with van der Waals surface area (Å²) in [6.07, 6.45) is 3.34. The van der Waals surface area contributed by atoms with Crippen LogP contribution in [0.5, 0.6) is 0 Å². The number of amides is 1. The summed E-state index contributed by atoms with van der Waals surface area (Å²) >= 11 is 6.26. The number of carbonyl (C=O) groups excluding carboxylic acids is 1. The summed E-state index contributed by atoms with van der Waals surface area (Å²) in [5, 5.41) is 11.8. The molecular weight excluding hydrogens is 446 g/mol. The van der Waals surface area contributed by atoms with Gasteiger partial charge in [-0.3, -0.25) is 9.78 Å². The Balaban J connectivity index is 1.88. The summed E-state index contributed by atoms with van der Waals surface area (Å²) in [5.41, 5.74) is 7.03. The van der Waals surface area contributed by atoms with E-state index in [9.17, 15) is 4.79 Å². The second-order valence-corrected chi connectivity index (χ2v) is 9.49. The second kappa shape index (κ2) is 9.55. The summed E-state index contributed by atoms with van der Waals surface area (Å²) in [6.45, 7) is 10.9. The molecule has 0 radical (unpaired) electrons. The van der Waals surface area contributed by atoms with E-state index >= 15 is 0 Å². The molecule has 7 heteroatoms. The number of rotatable bonds is 7. The van der Waals surface area contributed by atoms with Crippen LogP contribution in [0.25, 0.3) is 11.0 Å². The Labute approximate surface area is 205 Å². The van der Waals surface area contributed by atoms with Crippen LogP contribution in [0.4, 0.5) is 5.69 Å². The van der Waals surface area contributed by atoms with Crippen LogP contribution in [-0.4, -0.2) is 25.9 Å². The van der Waals surface area contributed by atoms with Gasteiger partial charge in [-0.25, -0.2) is 4.68 Å². The minimum atomic E-state index is -0.798. The molecule has 0 bridgehead atoms. The van der Waals surface area contributed by atoms with E-state index in [4.69, 9.17) is 11.6 Å². The molecule has 34 heavy (non-hydrogen) atoms. The van der Waals surface area contributed by atoms with Gasteiger partial charge in [0.25, 0.3) is 0 Å². The largest absolute Gasteiger partial charge is 0.324 e. The van der Waals surface area contributed by atoms with Gasteiger partial charge in [-0.2, -0.15) is 0 Å². The first-order chi connectivity index (χ1) is 16.3. The summed E-state index contributed by atoms with van der Waals surface area (Å²) < 4.78 is 1.89. The molecule has 0 spiro atoms. The Morgan fingerprint density at radius 1 is 1.18 bits per heavy atom. The monoisotopic (exact) mass is 475 g/mol. The molecule has 0 fully saturated rings. The van der Waals surface area contributed by atoms with Crippen LogP contribution in [0.3, 0.4) is 0 Å². The SMILES string of the molecule is CCn1nnc2c(C)c([C@H](c3ccc(C)c(CCl)c3)C(C)(C)C(=O)Nc3cccnc3)ccc21. The van der Waals surface area contributed by atoms with Crippen molar-refractivity contribution in [3.63, 3.8) is 0 Å². The van der Waals surface area contributed by atoms with E-state index in [0.717, 1.165) is 45.4 Å². The van der Waals surface area contributed by atoms with E-state index in [2.05, 4.69) is 64.8 Å². The molecule has 0 unspecified atom stereocenters. The number of fused-ring (bicyclic) bond motifs is 1. The maximum atomic E-state index is 13.7. The van der Waals surface area contributed by atoms with E-state index in [1.807, 2.05) is 37.6 Å². The van der Waals surface area contributed by atoms with Gasteiger partial charge in [0.1, 0.15) is 5.52 Å². The Hall–Kier alpha value is -3.25. The maximum absolute atomic E-state index is 13.7. The van der Waals surface area contributed by atoms with Crippen LogP contribution in [0.1, 0.15) is 54.5 Å². The molecule has 4 aromatic rings. The highest BCUT2D eigenvalue weighted by Gasteiger charge is 2.40. The zero-order chi connectivity index (χ0) is 24.5. The Bertz CT molecular complexity index is 1330. The molecule has 2 aromatic carbocycles. The van der Waals surface area contributed by atoms with Gasteiger partial charge in [-0.15, -0.1) is 16.7 Å². The normalized spacial score (nSPS) is 12.6. The van der Waals surface area contributed by atoms with Crippen molar-refractivity contribution in [1.29, 1.82) is 0 Å². The molecule has 6 nitrogen and oxygen atoms in total. The van der Waals surface area contributed by atoms with Crippen LogP contribution in [0, 0.1) is 19.3 Å². The third kappa shape index (κ3) is 4.30. The number of hydrogen-bond donors (Lipinski definition) is 1. The van der Waals surface area contributed by atoms with E-state index in [1.165, 1.54) is 0 Å². The standard InChI is InChI=1S/C27H30ClN5O/c1-6-33-23-12-11-22(18(3)25(23)31-32-33)24(19-10-9-17(2)20(14-19)15-28)27(4,5)26(34)30-21-8-7-13-29-16-21/h7-14,16,24H,6,15H2,1-5H3,(H,30,34)/t24-/m0/s1. The van der Waals surface area contributed by atoms with Crippen molar-refractivity contribution < 1.29 is 4.79 Å². The summed E-state index contributed by atoms with van der Waals surface area (Å²) in [6, 6.07) is 14.1. The van der Waals surface area contributed by atoms with Gasteiger partial charge in [-0.05, 0) is 66.8 Å². The lowest BCUT2D eigenvalue weighted by molar-refractivity contribution is -0.124. The molecule has 4 rings (SSSR count). The van der Waals surface area contributed by atoms with Gasteiger partial charge >= 0.3 is 0 Å². The van der Waals surface area contributed by atoms with Crippen molar-refractivity contribution in [2.45, 2.75) is 53.0 Å². The Kier molecular flexibility index (Phi) is 6.71. The number of halogens is 1. The average molecular weight is 476 g/mol. The van der Waals surface area contributed by atoms with Gasteiger partial charge in [0.2, 0.25) is 5.91 Å². The van der Waals surface area contributed by atoms with Gasteiger partial charge in [-0.1, -0.05) is 43.3 Å². The third-order valence-electron chi connectivity index (χ3n) is 6.67. The molecule has 0 saturated carbocycles. The lowest BCUT2D eigenvalue weighted by Gasteiger charge is -2.35. The second-order valence-electron chi connectivity index (χ2n) is 9.22. The van der Waals surface area contributed by atoms with Gasteiger partial charge < -0.3 is 5.32 Å². The molecule has 2 heterocycles. The molecule has 2 aromatic heterocycles. The molecular formula is C27H30ClN5O. The van der Waals surface area contributed by atoms with Crippen molar-refractivity contribution in [2.24, 2.45) is 5.41 Å².